The van der Waals surface area contributed by atoms with Gasteiger partial charge in [0.15, 0.2) is 11.5 Å². The van der Waals surface area contributed by atoms with E-state index in [2.05, 4.69) is 29.2 Å². The molecule has 2 aromatic carbocycles. The number of amides is 1. The molecule has 0 radical (unpaired) electrons. The Bertz CT molecular complexity index is 932. The zero-order valence-corrected chi connectivity index (χ0v) is 17.2. The number of carbonyl (C=O) groups is 1. The largest absolute Gasteiger partial charge is 0.454 e. The van der Waals surface area contributed by atoms with Gasteiger partial charge >= 0.3 is 0 Å². The number of nitrogens with zero attached hydrogens (tertiary/aromatic N) is 2. The van der Waals surface area contributed by atoms with Crippen molar-refractivity contribution in [2.24, 2.45) is 0 Å². The summed E-state index contributed by atoms with van der Waals surface area (Å²) < 4.78 is 10.8. The normalized spacial score (nSPS) is 21.8. The van der Waals surface area contributed by atoms with E-state index in [0.717, 1.165) is 38.0 Å². The molecular formula is C23H25ClN2O3. The van der Waals surface area contributed by atoms with Crippen LogP contribution in [0.5, 0.6) is 11.5 Å². The Labute approximate surface area is 176 Å². The van der Waals surface area contributed by atoms with E-state index in [1.807, 2.05) is 11.0 Å². The minimum atomic E-state index is 0.192. The third-order valence-corrected chi connectivity index (χ3v) is 6.71. The van der Waals surface area contributed by atoms with E-state index in [0.29, 0.717) is 35.5 Å². The zero-order valence-electron chi connectivity index (χ0n) is 16.4. The monoisotopic (exact) mass is 412 g/mol. The lowest BCUT2D eigenvalue weighted by molar-refractivity contribution is -0.130. The maximum Gasteiger partial charge on any atom is 0.231 e. The molecule has 6 heteroatoms. The van der Waals surface area contributed by atoms with Gasteiger partial charge in [-0.2, -0.15) is 0 Å². The van der Waals surface area contributed by atoms with E-state index in [9.17, 15) is 4.79 Å². The molecule has 2 aliphatic heterocycles. The summed E-state index contributed by atoms with van der Waals surface area (Å²) in [4.78, 5) is 17.2. The first kappa shape index (κ1) is 18.8. The van der Waals surface area contributed by atoms with Gasteiger partial charge in [-0.05, 0) is 42.0 Å². The van der Waals surface area contributed by atoms with Crippen LogP contribution in [-0.2, 0) is 24.2 Å². The highest BCUT2D eigenvalue weighted by molar-refractivity contribution is 6.31. The van der Waals surface area contributed by atoms with Gasteiger partial charge in [-0.1, -0.05) is 35.9 Å². The van der Waals surface area contributed by atoms with Crippen molar-refractivity contribution in [3.8, 4) is 11.5 Å². The fraction of sp³-hybridized carbons (Fsp3) is 0.435. The van der Waals surface area contributed by atoms with Crippen LogP contribution in [0, 0.1) is 0 Å². The van der Waals surface area contributed by atoms with E-state index in [1.54, 1.807) is 6.07 Å². The molecule has 152 valence electrons. The van der Waals surface area contributed by atoms with Crippen LogP contribution in [0.4, 0.5) is 0 Å². The van der Waals surface area contributed by atoms with Gasteiger partial charge < -0.3 is 14.4 Å². The van der Waals surface area contributed by atoms with E-state index in [4.69, 9.17) is 21.1 Å². The summed E-state index contributed by atoms with van der Waals surface area (Å²) in [5.41, 5.74) is 3.85. The molecule has 0 aromatic heterocycles. The Morgan fingerprint density at radius 1 is 1.00 bits per heavy atom. The fourth-order valence-corrected chi connectivity index (χ4v) is 4.91. The van der Waals surface area contributed by atoms with Crippen LogP contribution in [0.15, 0.2) is 36.4 Å². The smallest absolute Gasteiger partial charge is 0.231 e. The molecule has 1 fully saturated rings. The molecule has 0 saturated carbocycles. The van der Waals surface area contributed by atoms with Gasteiger partial charge in [0.1, 0.15) is 0 Å². The predicted molar refractivity (Wildman–Crippen MR) is 111 cm³/mol. The third-order valence-electron chi connectivity index (χ3n) is 6.36. The van der Waals surface area contributed by atoms with Crippen molar-refractivity contribution >= 4 is 17.5 Å². The Morgan fingerprint density at radius 2 is 1.79 bits per heavy atom. The first-order chi connectivity index (χ1) is 14.2. The number of hydrogen-bond acceptors (Lipinski definition) is 4. The lowest BCUT2D eigenvalue weighted by atomic mass is 9.87. The van der Waals surface area contributed by atoms with Gasteiger partial charge in [0.05, 0.1) is 0 Å². The summed E-state index contributed by atoms with van der Waals surface area (Å²) in [6.07, 6.45) is 3.93. The molecule has 5 nitrogen and oxygen atoms in total. The molecule has 0 unspecified atom stereocenters. The maximum absolute atomic E-state index is 12.8. The van der Waals surface area contributed by atoms with Crippen molar-refractivity contribution in [2.75, 3.05) is 26.4 Å². The van der Waals surface area contributed by atoms with E-state index >= 15 is 0 Å². The summed E-state index contributed by atoms with van der Waals surface area (Å²) in [6.45, 7) is 3.19. The van der Waals surface area contributed by atoms with Crippen LogP contribution in [0.25, 0.3) is 0 Å². The Morgan fingerprint density at radius 3 is 2.66 bits per heavy atom. The molecule has 1 amide bonds. The zero-order chi connectivity index (χ0) is 19.8. The van der Waals surface area contributed by atoms with E-state index in [-0.39, 0.29) is 12.7 Å². The first-order valence-corrected chi connectivity index (χ1v) is 10.7. The van der Waals surface area contributed by atoms with Crippen molar-refractivity contribution in [3.05, 3.63) is 58.1 Å². The summed E-state index contributed by atoms with van der Waals surface area (Å²) in [5, 5.41) is 0.618. The van der Waals surface area contributed by atoms with Crippen LogP contribution >= 0.6 is 11.6 Å². The van der Waals surface area contributed by atoms with Gasteiger partial charge in [0.25, 0.3) is 0 Å². The lowest BCUT2D eigenvalue weighted by Gasteiger charge is -2.34. The molecule has 2 heterocycles. The highest BCUT2D eigenvalue weighted by atomic mass is 35.5. The molecule has 1 aliphatic carbocycles. The van der Waals surface area contributed by atoms with Crippen LogP contribution < -0.4 is 9.47 Å². The van der Waals surface area contributed by atoms with E-state index in [1.165, 1.54) is 17.5 Å². The number of hydrogen-bond donors (Lipinski definition) is 0. The number of halogens is 1. The van der Waals surface area contributed by atoms with Crippen LogP contribution in [-0.4, -0.2) is 48.2 Å². The Kier molecular flexibility index (Phi) is 5.10. The van der Waals surface area contributed by atoms with Crippen molar-refractivity contribution in [1.82, 2.24) is 9.80 Å². The number of ether oxygens (including phenoxy) is 2. The quantitative estimate of drug-likeness (QED) is 0.771. The molecule has 1 atom stereocenters. The topological polar surface area (TPSA) is 42.0 Å². The van der Waals surface area contributed by atoms with Crippen LogP contribution in [0.1, 0.15) is 29.5 Å². The van der Waals surface area contributed by atoms with Gasteiger partial charge in [0.2, 0.25) is 12.7 Å². The van der Waals surface area contributed by atoms with Gasteiger partial charge in [-0.3, -0.25) is 9.69 Å². The number of fused-ring (bicyclic) bond motifs is 2. The second-order valence-electron chi connectivity index (χ2n) is 8.06. The average Bonchev–Trinajstić information content (AvgIpc) is 3.11. The third kappa shape index (κ3) is 3.81. The van der Waals surface area contributed by atoms with Crippen molar-refractivity contribution < 1.29 is 14.3 Å². The lowest BCUT2D eigenvalue weighted by Crippen LogP contribution is -2.41. The van der Waals surface area contributed by atoms with Crippen molar-refractivity contribution in [1.29, 1.82) is 0 Å². The molecule has 29 heavy (non-hydrogen) atoms. The second-order valence-corrected chi connectivity index (χ2v) is 8.47. The number of benzene rings is 2. The summed E-state index contributed by atoms with van der Waals surface area (Å²) in [5.74, 6) is 1.57. The molecular weight excluding hydrogens is 388 g/mol. The van der Waals surface area contributed by atoms with Crippen molar-refractivity contribution in [2.45, 2.75) is 38.3 Å². The molecule has 1 saturated heterocycles. The van der Waals surface area contributed by atoms with Crippen LogP contribution in [0.2, 0.25) is 5.02 Å². The van der Waals surface area contributed by atoms with Crippen molar-refractivity contribution in [3.63, 3.8) is 0 Å². The van der Waals surface area contributed by atoms with E-state index < -0.39 is 0 Å². The molecule has 0 bridgehead atoms. The fourth-order valence-electron chi connectivity index (χ4n) is 4.69. The second kappa shape index (κ2) is 7.88. The minimum Gasteiger partial charge on any atom is -0.454 e. The number of carbonyl (C=O) groups excluding carboxylic acids is 1. The molecule has 2 aromatic rings. The summed E-state index contributed by atoms with van der Waals surface area (Å²) in [6, 6.07) is 13.0. The molecule has 0 spiro atoms. The predicted octanol–water partition coefficient (Wildman–Crippen LogP) is 3.66. The molecule has 3 aliphatic rings. The Hall–Kier alpha value is -2.24. The first-order valence-electron chi connectivity index (χ1n) is 10.3. The molecule has 5 rings (SSSR count). The van der Waals surface area contributed by atoms with Gasteiger partial charge in [-0.25, -0.2) is 0 Å². The highest BCUT2D eigenvalue weighted by Crippen LogP contribution is 2.37. The number of aryl methyl sites for hydroxylation is 1. The standard InChI is InChI=1S/C23H25ClN2O3/c24-20-13-22-21(28-15-29-22)12-18(20)14-26-10-9-25(8-7-23(26)27)19-6-5-16-3-1-2-4-17(16)11-19/h1-4,12-13,19H,5-11,14-15H2/t19-/m1/s1. The highest BCUT2D eigenvalue weighted by Gasteiger charge is 2.29. The summed E-state index contributed by atoms with van der Waals surface area (Å²) >= 11 is 6.43. The average molecular weight is 413 g/mol. The van der Waals surface area contributed by atoms with Gasteiger partial charge in [-0.15, -0.1) is 0 Å². The minimum absolute atomic E-state index is 0.192. The summed E-state index contributed by atoms with van der Waals surface area (Å²) in [7, 11) is 0. The van der Waals surface area contributed by atoms with Gasteiger partial charge in [0, 0.05) is 49.7 Å². The SMILES string of the molecule is O=C1CCN([C@@H]2CCc3ccccc3C2)CCN1Cc1cc2c(cc1Cl)OCO2. The number of rotatable bonds is 3. The Balaban J connectivity index is 1.26. The maximum atomic E-state index is 12.8. The molecule has 0 N–H and O–H groups in total. The van der Waals surface area contributed by atoms with Crippen LogP contribution in [0.3, 0.4) is 0 Å².